The first-order chi connectivity index (χ1) is 7.88. The van der Waals surface area contributed by atoms with E-state index in [0.29, 0.717) is 0 Å². The molecule has 94 valence electrons. The Morgan fingerprint density at radius 2 is 1.75 bits per heavy atom. The average Bonchev–Trinajstić information content (AvgIpc) is 3.12. The molecule has 0 heterocycles. The van der Waals surface area contributed by atoms with Crippen LogP contribution < -0.4 is 5.32 Å². The van der Waals surface area contributed by atoms with Crippen molar-refractivity contribution < 1.29 is 0 Å². The minimum Gasteiger partial charge on any atom is -0.314 e. The van der Waals surface area contributed by atoms with Crippen LogP contribution in [0.4, 0.5) is 0 Å². The number of hydrogen-bond donors (Lipinski definition) is 1. The Hall–Kier alpha value is -0.0400. The van der Waals surface area contributed by atoms with E-state index in [2.05, 4.69) is 12.2 Å². The zero-order valence-electron chi connectivity index (χ0n) is 11.0. The molecule has 1 N–H and O–H groups in total. The molecule has 2 fully saturated rings. The van der Waals surface area contributed by atoms with Crippen molar-refractivity contribution in [3.63, 3.8) is 0 Å². The zero-order chi connectivity index (χ0) is 11.2. The van der Waals surface area contributed by atoms with Gasteiger partial charge in [0.25, 0.3) is 0 Å². The fourth-order valence-electron chi connectivity index (χ4n) is 3.09. The molecule has 0 aliphatic heterocycles. The van der Waals surface area contributed by atoms with E-state index in [4.69, 9.17) is 0 Å². The van der Waals surface area contributed by atoms with Crippen molar-refractivity contribution in [1.29, 1.82) is 0 Å². The first kappa shape index (κ1) is 12.4. The number of hydrogen-bond acceptors (Lipinski definition) is 1. The molecule has 2 aliphatic rings. The van der Waals surface area contributed by atoms with Crippen LogP contribution in [0.15, 0.2) is 0 Å². The summed E-state index contributed by atoms with van der Waals surface area (Å²) in [7, 11) is 0. The largest absolute Gasteiger partial charge is 0.314 e. The summed E-state index contributed by atoms with van der Waals surface area (Å²) in [6, 6.07) is 0.843. The van der Waals surface area contributed by atoms with Crippen molar-refractivity contribution in [2.75, 3.05) is 6.54 Å². The minimum atomic E-state index is 0.843. The van der Waals surface area contributed by atoms with Crippen molar-refractivity contribution >= 4 is 0 Å². The summed E-state index contributed by atoms with van der Waals surface area (Å²) in [6.07, 6.45) is 14.6. The molecule has 0 aromatic heterocycles. The summed E-state index contributed by atoms with van der Waals surface area (Å²) < 4.78 is 0. The fraction of sp³-hybridized carbons (Fsp3) is 1.00. The normalized spacial score (nSPS) is 31.3. The van der Waals surface area contributed by atoms with Crippen molar-refractivity contribution in [1.82, 2.24) is 5.32 Å². The van der Waals surface area contributed by atoms with Gasteiger partial charge in [-0.2, -0.15) is 0 Å². The molecule has 0 radical (unpaired) electrons. The van der Waals surface area contributed by atoms with Gasteiger partial charge in [0.15, 0.2) is 0 Å². The molecule has 0 amide bonds. The van der Waals surface area contributed by atoms with Gasteiger partial charge >= 0.3 is 0 Å². The Morgan fingerprint density at radius 1 is 0.938 bits per heavy atom. The number of nitrogens with one attached hydrogen (secondary N) is 1. The van der Waals surface area contributed by atoms with E-state index < -0.39 is 0 Å². The summed E-state index contributed by atoms with van der Waals surface area (Å²) in [4.78, 5) is 0. The molecule has 0 bridgehead atoms. The molecule has 2 atom stereocenters. The zero-order valence-corrected chi connectivity index (χ0v) is 11.0. The maximum atomic E-state index is 3.79. The van der Waals surface area contributed by atoms with Crippen molar-refractivity contribution in [3.8, 4) is 0 Å². The van der Waals surface area contributed by atoms with Gasteiger partial charge in [0.1, 0.15) is 0 Å². The van der Waals surface area contributed by atoms with Crippen LogP contribution in [0.5, 0.6) is 0 Å². The number of rotatable bonds is 6. The summed E-state index contributed by atoms with van der Waals surface area (Å²) >= 11 is 0. The van der Waals surface area contributed by atoms with E-state index in [1.807, 2.05) is 0 Å². The second-order valence-electron chi connectivity index (χ2n) is 6.02. The lowest BCUT2D eigenvalue weighted by Crippen LogP contribution is -2.29. The molecule has 1 heteroatoms. The second-order valence-corrected chi connectivity index (χ2v) is 6.02. The van der Waals surface area contributed by atoms with Crippen LogP contribution in [-0.2, 0) is 0 Å². The van der Waals surface area contributed by atoms with Crippen molar-refractivity contribution in [3.05, 3.63) is 0 Å². The summed E-state index contributed by atoms with van der Waals surface area (Å²) in [6.45, 7) is 3.63. The summed E-state index contributed by atoms with van der Waals surface area (Å²) in [5, 5.41) is 3.79. The van der Waals surface area contributed by atoms with Gasteiger partial charge in [0.2, 0.25) is 0 Å². The molecule has 0 aromatic carbocycles. The van der Waals surface area contributed by atoms with E-state index in [-0.39, 0.29) is 0 Å². The Kier molecular flexibility index (Phi) is 5.15. The molecule has 16 heavy (non-hydrogen) atoms. The van der Waals surface area contributed by atoms with Crippen molar-refractivity contribution in [2.45, 2.75) is 77.2 Å². The molecule has 0 saturated heterocycles. The van der Waals surface area contributed by atoms with Crippen LogP contribution in [0.3, 0.4) is 0 Å². The Bertz CT molecular complexity index is 186. The first-order valence-corrected chi connectivity index (χ1v) is 7.62. The van der Waals surface area contributed by atoms with E-state index in [9.17, 15) is 0 Å². The highest BCUT2D eigenvalue weighted by atomic mass is 14.9. The second kappa shape index (κ2) is 6.64. The Morgan fingerprint density at radius 3 is 2.50 bits per heavy atom. The summed E-state index contributed by atoms with van der Waals surface area (Å²) in [5.74, 6) is 2.14. The van der Waals surface area contributed by atoms with Crippen LogP contribution in [0.2, 0.25) is 0 Å². The topological polar surface area (TPSA) is 12.0 Å². The Balaban J connectivity index is 1.54. The Labute approximate surface area is 101 Å². The average molecular weight is 223 g/mol. The molecule has 2 rings (SSSR count). The smallest absolute Gasteiger partial charge is 0.00671 e. The molecule has 0 aromatic rings. The van der Waals surface area contributed by atoms with Gasteiger partial charge in [0.05, 0.1) is 0 Å². The molecular formula is C15H29N. The van der Waals surface area contributed by atoms with E-state index in [1.165, 1.54) is 70.8 Å². The predicted molar refractivity (Wildman–Crippen MR) is 70.6 cm³/mol. The maximum Gasteiger partial charge on any atom is 0.00671 e. The molecular weight excluding hydrogens is 194 g/mol. The molecule has 2 saturated carbocycles. The lowest BCUT2D eigenvalue weighted by atomic mass is 9.98. The monoisotopic (exact) mass is 223 g/mol. The predicted octanol–water partition coefficient (Wildman–Crippen LogP) is 4.13. The van der Waals surface area contributed by atoms with Gasteiger partial charge in [-0.05, 0) is 50.5 Å². The van der Waals surface area contributed by atoms with Gasteiger partial charge in [-0.15, -0.1) is 0 Å². The minimum absolute atomic E-state index is 0.843. The van der Waals surface area contributed by atoms with E-state index in [1.54, 1.807) is 0 Å². The van der Waals surface area contributed by atoms with Crippen LogP contribution in [0.25, 0.3) is 0 Å². The van der Waals surface area contributed by atoms with Crippen LogP contribution in [-0.4, -0.2) is 12.6 Å². The molecule has 2 unspecified atom stereocenters. The van der Waals surface area contributed by atoms with Crippen LogP contribution in [0.1, 0.15) is 71.1 Å². The lowest BCUT2D eigenvalue weighted by molar-refractivity contribution is 0.421. The molecule has 2 aliphatic carbocycles. The molecule has 1 nitrogen and oxygen atoms in total. The van der Waals surface area contributed by atoms with Gasteiger partial charge in [-0.25, -0.2) is 0 Å². The van der Waals surface area contributed by atoms with Gasteiger partial charge in [-0.1, -0.05) is 39.0 Å². The van der Waals surface area contributed by atoms with Crippen LogP contribution >= 0.6 is 0 Å². The highest BCUT2D eigenvalue weighted by molar-refractivity contribution is 4.76. The first-order valence-electron chi connectivity index (χ1n) is 7.62. The van der Waals surface area contributed by atoms with Gasteiger partial charge in [0, 0.05) is 6.04 Å². The third-order valence-corrected chi connectivity index (χ3v) is 4.58. The van der Waals surface area contributed by atoms with Gasteiger partial charge in [-0.3, -0.25) is 0 Å². The quantitative estimate of drug-likeness (QED) is 0.527. The fourth-order valence-corrected chi connectivity index (χ4v) is 3.09. The van der Waals surface area contributed by atoms with E-state index in [0.717, 1.165) is 17.9 Å². The standard InChI is InChI=1S/C15H29N/c1-2-13-5-3-7-15(11-10-13)16-12-4-6-14-8-9-14/h13-16H,2-12H2,1H3. The SMILES string of the molecule is CCC1CCCC(NCCCC2CC2)CC1. The third-order valence-electron chi connectivity index (χ3n) is 4.58. The maximum absolute atomic E-state index is 3.79. The van der Waals surface area contributed by atoms with Gasteiger partial charge < -0.3 is 5.32 Å². The summed E-state index contributed by atoms with van der Waals surface area (Å²) in [5.41, 5.74) is 0. The highest BCUT2D eigenvalue weighted by Crippen LogP contribution is 2.33. The van der Waals surface area contributed by atoms with Crippen molar-refractivity contribution in [2.24, 2.45) is 11.8 Å². The lowest BCUT2D eigenvalue weighted by Gasteiger charge is -2.16. The van der Waals surface area contributed by atoms with Crippen LogP contribution in [0, 0.1) is 11.8 Å². The highest BCUT2D eigenvalue weighted by Gasteiger charge is 2.21. The van der Waals surface area contributed by atoms with E-state index >= 15 is 0 Å². The molecule has 0 spiro atoms. The third kappa shape index (κ3) is 4.45.